The molecule has 3 rings (SSSR count). The number of halogens is 3. The van der Waals surface area contributed by atoms with Gasteiger partial charge in [0.2, 0.25) is 0 Å². The molecule has 0 aliphatic heterocycles. The van der Waals surface area contributed by atoms with Crippen LogP contribution in [0.25, 0.3) is 22.5 Å². The molecular formula is C15H9Br2FN2O. The van der Waals surface area contributed by atoms with Crippen LogP contribution in [0.5, 0.6) is 0 Å². The van der Waals surface area contributed by atoms with Gasteiger partial charge in [0.15, 0.2) is 11.6 Å². The third kappa shape index (κ3) is 2.73. The highest BCUT2D eigenvalue weighted by molar-refractivity contribution is 9.10. The van der Waals surface area contributed by atoms with E-state index in [1.54, 1.807) is 12.1 Å². The monoisotopic (exact) mass is 410 g/mol. The van der Waals surface area contributed by atoms with E-state index in [1.807, 2.05) is 24.3 Å². The lowest BCUT2D eigenvalue weighted by Crippen LogP contribution is -1.90. The van der Waals surface area contributed by atoms with Gasteiger partial charge < -0.3 is 10.3 Å². The third-order valence-electron chi connectivity index (χ3n) is 3.00. The van der Waals surface area contributed by atoms with Crippen molar-refractivity contribution < 1.29 is 8.91 Å². The Morgan fingerprint density at radius 1 is 1.05 bits per heavy atom. The number of aromatic nitrogens is 1. The van der Waals surface area contributed by atoms with Gasteiger partial charge in [0.1, 0.15) is 5.82 Å². The molecule has 0 bridgehead atoms. The molecule has 1 aromatic heterocycles. The molecule has 6 heteroatoms. The smallest absolute Gasteiger partial charge is 0.179 e. The Bertz CT molecular complexity index is 817. The molecule has 0 amide bonds. The van der Waals surface area contributed by atoms with E-state index in [4.69, 9.17) is 10.3 Å². The Morgan fingerprint density at radius 3 is 2.57 bits per heavy atom. The minimum Gasteiger partial charge on any atom is -0.380 e. The first-order valence-electron chi connectivity index (χ1n) is 6.03. The zero-order valence-electron chi connectivity index (χ0n) is 10.6. The van der Waals surface area contributed by atoms with Crippen molar-refractivity contribution in [2.24, 2.45) is 0 Å². The fraction of sp³-hybridized carbons (Fsp3) is 0. The summed E-state index contributed by atoms with van der Waals surface area (Å²) in [5.41, 5.74) is 7.58. The SMILES string of the molecule is Nc1noc(-c2cc(Br)ccc2F)c1-c1cccc(Br)c1. The second-order valence-corrected chi connectivity index (χ2v) is 6.24. The fourth-order valence-electron chi connectivity index (χ4n) is 2.08. The molecule has 0 radical (unpaired) electrons. The first-order valence-corrected chi connectivity index (χ1v) is 7.61. The van der Waals surface area contributed by atoms with Crippen molar-refractivity contribution in [3.63, 3.8) is 0 Å². The molecule has 21 heavy (non-hydrogen) atoms. The van der Waals surface area contributed by atoms with Crippen LogP contribution in [-0.4, -0.2) is 5.16 Å². The summed E-state index contributed by atoms with van der Waals surface area (Å²) in [6.07, 6.45) is 0. The zero-order chi connectivity index (χ0) is 15.0. The molecule has 0 unspecified atom stereocenters. The number of hydrogen-bond acceptors (Lipinski definition) is 3. The van der Waals surface area contributed by atoms with Gasteiger partial charge in [-0.15, -0.1) is 0 Å². The van der Waals surface area contributed by atoms with Crippen LogP contribution in [0.15, 0.2) is 55.9 Å². The van der Waals surface area contributed by atoms with Crippen LogP contribution in [0.2, 0.25) is 0 Å². The molecule has 106 valence electrons. The van der Waals surface area contributed by atoms with Crippen molar-refractivity contribution in [3.8, 4) is 22.5 Å². The van der Waals surface area contributed by atoms with Crippen molar-refractivity contribution in [2.75, 3.05) is 5.73 Å². The van der Waals surface area contributed by atoms with Gasteiger partial charge in [-0.1, -0.05) is 49.1 Å². The van der Waals surface area contributed by atoms with Gasteiger partial charge in [-0.2, -0.15) is 0 Å². The van der Waals surface area contributed by atoms with Gasteiger partial charge in [-0.05, 0) is 35.9 Å². The fourth-order valence-corrected chi connectivity index (χ4v) is 2.84. The van der Waals surface area contributed by atoms with Crippen molar-refractivity contribution in [2.45, 2.75) is 0 Å². The minimum atomic E-state index is -0.398. The second kappa shape index (κ2) is 5.61. The topological polar surface area (TPSA) is 52.0 Å². The van der Waals surface area contributed by atoms with Crippen LogP contribution < -0.4 is 5.73 Å². The van der Waals surface area contributed by atoms with Gasteiger partial charge >= 0.3 is 0 Å². The Balaban J connectivity index is 2.24. The first kappa shape index (κ1) is 14.3. The first-order chi connectivity index (χ1) is 10.1. The van der Waals surface area contributed by atoms with Crippen LogP contribution in [0, 0.1) is 5.82 Å². The number of anilines is 1. The summed E-state index contributed by atoms with van der Waals surface area (Å²) >= 11 is 6.73. The highest BCUT2D eigenvalue weighted by atomic mass is 79.9. The Hall–Kier alpha value is -1.66. The zero-order valence-corrected chi connectivity index (χ0v) is 13.8. The van der Waals surface area contributed by atoms with E-state index in [-0.39, 0.29) is 5.82 Å². The summed E-state index contributed by atoms with van der Waals surface area (Å²) in [4.78, 5) is 0. The van der Waals surface area contributed by atoms with Gasteiger partial charge in [-0.3, -0.25) is 0 Å². The van der Waals surface area contributed by atoms with Crippen molar-refractivity contribution in [1.82, 2.24) is 5.16 Å². The molecule has 0 spiro atoms. The van der Waals surface area contributed by atoms with Crippen LogP contribution in [0.1, 0.15) is 0 Å². The van der Waals surface area contributed by atoms with Crippen LogP contribution in [-0.2, 0) is 0 Å². The number of nitrogens with two attached hydrogens (primary N) is 1. The summed E-state index contributed by atoms with van der Waals surface area (Å²) in [7, 11) is 0. The number of rotatable bonds is 2. The van der Waals surface area contributed by atoms with E-state index in [9.17, 15) is 4.39 Å². The van der Waals surface area contributed by atoms with E-state index in [2.05, 4.69) is 37.0 Å². The summed E-state index contributed by atoms with van der Waals surface area (Å²) in [5.74, 6) is 0.137. The molecule has 0 fully saturated rings. The van der Waals surface area contributed by atoms with Crippen LogP contribution in [0.3, 0.4) is 0 Å². The summed E-state index contributed by atoms with van der Waals surface area (Å²) < 4.78 is 21.0. The van der Waals surface area contributed by atoms with Crippen molar-refractivity contribution in [1.29, 1.82) is 0 Å². The normalized spacial score (nSPS) is 10.8. The molecule has 0 saturated heterocycles. The molecule has 0 aliphatic carbocycles. The number of hydrogen-bond donors (Lipinski definition) is 1. The predicted octanol–water partition coefficient (Wildman–Crippen LogP) is 5.25. The molecule has 0 saturated carbocycles. The van der Waals surface area contributed by atoms with Crippen molar-refractivity contribution in [3.05, 3.63) is 57.2 Å². The number of benzene rings is 2. The van der Waals surface area contributed by atoms with E-state index in [0.717, 1.165) is 14.5 Å². The summed E-state index contributed by atoms with van der Waals surface area (Å²) in [5, 5.41) is 3.78. The largest absolute Gasteiger partial charge is 0.380 e. The predicted molar refractivity (Wildman–Crippen MR) is 87.1 cm³/mol. The van der Waals surface area contributed by atoms with E-state index >= 15 is 0 Å². The molecule has 0 atom stereocenters. The van der Waals surface area contributed by atoms with Gasteiger partial charge in [-0.25, -0.2) is 4.39 Å². The van der Waals surface area contributed by atoms with E-state index < -0.39 is 5.82 Å². The third-order valence-corrected chi connectivity index (χ3v) is 3.99. The maximum Gasteiger partial charge on any atom is 0.179 e. The summed E-state index contributed by atoms with van der Waals surface area (Å²) in [6, 6.07) is 12.1. The van der Waals surface area contributed by atoms with Crippen LogP contribution in [0.4, 0.5) is 10.2 Å². The molecule has 2 N–H and O–H groups in total. The van der Waals surface area contributed by atoms with Gasteiger partial charge in [0, 0.05) is 8.95 Å². The van der Waals surface area contributed by atoms with E-state index in [0.29, 0.717) is 16.9 Å². The lowest BCUT2D eigenvalue weighted by molar-refractivity contribution is 0.433. The highest BCUT2D eigenvalue weighted by Gasteiger charge is 2.20. The Morgan fingerprint density at radius 2 is 1.81 bits per heavy atom. The Kier molecular flexibility index (Phi) is 3.82. The quantitative estimate of drug-likeness (QED) is 0.626. The average molecular weight is 412 g/mol. The standard InChI is InChI=1S/C15H9Br2FN2O/c16-9-3-1-2-8(6-9)13-14(21-20-15(13)19)11-7-10(17)4-5-12(11)18/h1-7H,(H2,19,20). The molecule has 2 aromatic carbocycles. The number of nitrogen functional groups attached to an aromatic ring is 1. The highest BCUT2D eigenvalue weighted by Crippen LogP contribution is 2.39. The molecule has 3 aromatic rings. The van der Waals surface area contributed by atoms with Gasteiger partial charge in [0.25, 0.3) is 0 Å². The van der Waals surface area contributed by atoms with E-state index in [1.165, 1.54) is 6.07 Å². The molecule has 3 nitrogen and oxygen atoms in total. The van der Waals surface area contributed by atoms with Gasteiger partial charge in [0.05, 0.1) is 11.1 Å². The lowest BCUT2D eigenvalue weighted by Gasteiger charge is -2.05. The lowest BCUT2D eigenvalue weighted by atomic mass is 10.0. The van der Waals surface area contributed by atoms with Crippen molar-refractivity contribution >= 4 is 37.7 Å². The molecular weight excluding hydrogens is 403 g/mol. The molecule has 0 aliphatic rings. The molecule has 1 heterocycles. The number of nitrogens with zero attached hydrogens (tertiary/aromatic N) is 1. The maximum absolute atomic E-state index is 14.1. The van der Waals surface area contributed by atoms with Crippen LogP contribution >= 0.6 is 31.9 Å². The minimum absolute atomic E-state index is 0.225. The maximum atomic E-state index is 14.1. The Labute approximate surface area is 137 Å². The summed E-state index contributed by atoms with van der Waals surface area (Å²) in [6.45, 7) is 0. The average Bonchev–Trinajstić information content (AvgIpc) is 2.83. The second-order valence-electron chi connectivity index (χ2n) is 4.41.